The van der Waals surface area contributed by atoms with Gasteiger partial charge in [-0.25, -0.2) is 0 Å². The number of rotatable bonds is 6. The van der Waals surface area contributed by atoms with E-state index in [1.54, 1.807) is 12.4 Å². The highest BCUT2D eigenvalue weighted by molar-refractivity contribution is 5.95. The first-order chi connectivity index (χ1) is 19.5. The lowest BCUT2D eigenvalue weighted by Gasteiger charge is -2.41. The van der Waals surface area contributed by atoms with Gasteiger partial charge in [0.1, 0.15) is 0 Å². The Morgan fingerprint density at radius 3 is 2.39 bits per heavy atom. The van der Waals surface area contributed by atoms with Crippen molar-refractivity contribution >= 4 is 16.8 Å². The van der Waals surface area contributed by atoms with Crippen LogP contribution in [0.5, 0.6) is 0 Å². The molecule has 0 bridgehead atoms. The number of hydrogen-bond acceptors (Lipinski definition) is 3. The third kappa shape index (κ3) is 6.55. The Labute approximate surface area is 232 Å². The summed E-state index contributed by atoms with van der Waals surface area (Å²) < 4.78 is 81.0. The average Bonchev–Trinajstić information content (AvgIpc) is 3.35. The smallest absolute Gasteiger partial charge is 0.374 e. The van der Waals surface area contributed by atoms with E-state index in [4.69, 9.17) is 0 Å². The van der Waals surface area contributed by atoms with Crippen molar-refractivity contribution in [1.82, 2.24) is 19.8 Å². The maximum absolute atomic E-state index is 13.6. The molecule has 2 aromatic heterocycles. The maximum Gasteiger partial charge on any atom is 0.416 e. The number of para-hydroxylation sites is 1. The van der Waals surface area contributed by atoms with Crippen LogP contribution in [0.15, 0.2) is 85.5 Å². The van der Waals surface area contributed by atoms with E-state index in [1.165, 1.54) is 4.90 Å². The predicted molar refractivity (Wildman–Crippen MR) is 142 cm³/mol. The maximum atomic E-state index is 13.6. The normalized spacial score (nSPS) is 16.6. The van der Waals surface area contributed by atoms with E-state index in [0.29, 0.717) is 38.1 Å². The van der Waals surface area contributed by atoms with E-state index in [0.717, 1.165) is 22.0 Å². The monoisotopic (exact) mass is 572 g/mol. The predicted octanol–water partition coefficient (Wildman–Crippen LogP) is 6.73. The fourth-order valence-corrected chi connectivity index (χ4v) is 5.11. The molecule has 0 spiro atoms. The summed E-state index contributed by atoms with van der Waals surface area (Å²) in [5.74, 6) is -0.870. The first-order valence-corrected chi connectivity index (χ1v) is 12.9. The fraction of sp³-hybridized carbons (Fsp3) is 0.267. The Kier molecular flexibility index (Phi) is 7.79. The first-order valence-electron chi connectivity index (χ1n) is 12.9. The summed E-state index contributed by atoms with van der Waals surface area (Å²) in [6.07, 6.45) is 0.0124. The van der Waals surface area contributed by atoms with Crippen LogP contribution < -0.4 is 0 Å². The molecule has 1 N–H and O–H groups in total. The zero-order valence-corrected chi connectivity index (χ0v) is 21.7. The van der Waals surface area contributed by atoms with Crippen LogP contribution in [0, 0.1) is 0 Å². The van der Waals surface area contributed by atoms with Crippen molar-refractivity contribution in [2.24, 2.45) is 0 Å². The molecule has 1 atom stereocenters. The quantitative estimate of drug-likeness (QED) is 0.261. The van der Waals surface area contributed by atoms with Gasteiger partial charge in [-0.3, -0.25) is 9.78 Å². The number of allylic oxidation sites excluding steroid dienone is 1. The van der Waals surface area contributed by atoms with Crippen molar-refractivity contribution in [3.63, 3.8) is 0 Å². The van der Waals surface area contributed by atoms with Gasteiger partial charge >= 0.3 is 12.4 Å². The van der Waals surface area contributed by atoms with Crippen LogP contribution in [-0.4, -0.2) is 51.4 Å². The fourth-order valence-electron chi connectivity index (χ4n) is 5.11. The topological polar surface area (TPSA) is 52.2 Å². The third-order valence-corrected chi connectivity index (χ3v) is 7.13. The number of pyridine rings is 1. The number of H-pyrrole nitrogens is 1. The molecule has 4 aromatic rings. The zero-order valence-electron chi connectivity index (χ0n) is 21.7. The van der Waals surface area contributed by atoms with Crippen molar-refractivity contribution in [3.8, 4) is 0 Å². The Morgan fingerprint density at radius 1 is 0.976 bits per heavy atom. The van der Waals surface area contributed by atoms with Crippen LogP contribution in [0.4, 0.5) is 26.3 Å². The van der Waals surface area contributed by atoms with Gasteiger partial charge in [0.15, 0.2) is 0 Å². The molecular weight excluding hydrogens is 546 g/mol. The van der Waals surface area contributed by atoms with Gasteiger partial charge in [0, 0.05) is 54.7 Å². The lowest BCUT2D eigenvalue weighted by atomic mass is 9.99. The molecule has 0 unspecified atom stereocenters. The molecule has 214 valence electrons. The lowest BCUT2D eigenvalue weighted by Crippen LogP contribution is -2.54. The van der Waals surface area contributed by atoms with Crippen molar-refractivity contribution in [2.45, 2.75) is 31.2 Å². The molecular formula is C30H26F6N4O. The van der Waals surface area contributed by atoms with Crippen LogP contribution in [-0.2, 0) is 25.2 Å². The molecule has 1 saturated heterocycles. The average molecular weight is 573 g/mol. The third-order valence-electron chi connectivity index (χ3n) is 7.13. The second-order valence-corrected chi connectivity index (χ2v) is 9.96. The van der Waals surface area contributed by atoms with Gasteiger partial charge in [-0.2, -0.15) is 26.3 Å². The number of amides is 1. The summed E-state index contributed by atoms with van der Waals surface area (Å²) >= 11 is 0. The first kappa shape index (κ1) is 28.3. The van der Waals surface area contributed by atoms with Crippen molar-refractivity contribution in [3.05, 3.63) is 113 Å². The molecule has 1 fully saturated rings. The number of nitrogens with zero attached hydrogens (tertiary/aromatic N) is 3. The molecule has 1 aliphatic heterocycles. The highest BCUT2D eigenvalue weighted by atomic mass is 19.4. The van der Waals surface area contributed by atoms with Crippen molar-refractivity contribution in [2.75, 3.05) is 19.6 Å². The minimum atomic E-state index is -5.04. The molecule has 1 aliphatic rings. The molecule has 3 heterocycles. The minimum absolute atomic E-state index is 0.0329. The Balaban J connectivity index is 1.44. The van der Waals surface area contributed by atoms with Crippen molar-refractivity contribution in [1.29, 1.82) is 0 Å². The molecule has 5 nitrogen and oxygen atoms in total. The van der Waals surface area contributed by atoms with E-state index in [-0.39, 0.29) is 12.6 Å². The zero-order chi connectivity index (χ0) is 29.2. The Morgan fingerprint density at radius 2 is 1.71 bits per heavy atom. The largest absolute Gasteiger partial charge is 0.416 e. The van der Waals surface area contributed by atoms with Gasteiger partial charge < -0.3 is 14.8 Å². The number of alkyl halides is 6. The van der Waals surface area contributed by atoms with Crippen LogP contribution in [0.2, 0.25) is 0 Å². The molecule has 2 aromatic carbocycles. The summed E-state index contributed by atoms with van der Waals surface area (Å²) in [5.41, 5.74) is -0.877. The summed E-state index contributed by atoms with van der Waals surface area (Å²) in [5, 5.41) is 0.933. The van der Waals surface area contributed by atoms with Crippen LogP contribution in [0.1, 0.15) is 32.6 Å². The van der Waals surface area contributed by atoms with E-state index in [2.05, 4.69) is 9.97 Å². The highest BCUT2D eigenvalue weighted by Crippen LogP contribution is 2.37. The number of aromatic nitrogens is 2. The standard InChI is InChI=1S/C30H26F6N4O/c31-29(32,33)23-13-21(14-24(16-23)30(34,35)36)28(41)40-12-11-39(10-4-6-20-5-3-9-37-17-20)19-25(40)15-22-18-38-27-8-2-1-7-26(22)27/h1-5,7-10,13-14,16-18,25,38H,6,11-12,15,19H2/t25-/m1/s1. The number of aromatic amines is 1. The van der Waals surface area contributed by atoms with Crippen LogP contribution in [0.3, 0.4) is 0 Å². The summed E-state index contributed by atoms with van der Waals surface area (Å²) in [4.78, 5) is 24.3. The van der Waals surface area contributed by atoms with Gasteiger partial charge in [0.05, 0.1) is 17.2 Å². The molecule has 0 aliphatic carbocycles. The summed E-state index contributed by atoms with van der Waals surface area (Å²) in [6, 6.07) is 11.9. The number of halogens is 6. The molecule has 1 amide bonds. The number of carbonyl (C=O) groups is 1. The van der Waals surface area contributed by atoms with E-state index in [9.17, 15) is 31.1 Å². The molecule has 11 heteroatoms. The second kappa shape index (κ2) is 11.3. The SMILES string of the molecule is O=C(c1cc(C(F)(F)F)cc(C(F)(F)F)c1)N1CCN(C=CCc2cccnc2)C[C@H]1Cc1c[nH]c2ccccc12. The summed E-state index contributed by atoms with van der Waals surface area (Å²) in [7, 11) is 0. The number of benzene rings is 2. The molecule has 0 saturated carbocycles. The van der Waals surface area contributed by atoms with E-state index < -0.39 is 41.0 Å². The van der Waals surface area contributed by atoms with Gasteiger partial charge in [-0.05, 0) is 60.5 Å². The highest BCUT2D eigenvalue weighted by Gasteiger charge is 2.39. The minimum Gasteiger partial charge on any atom is -0.374 e. The number of fused-ring (bicyclic) bond motifs is 1. The van der Waals surface area contributed by atoms with Gasteiger partial charge in [0.25, 0.3) is 5.91 Å². The van der Waals surface area contributed by atoms with Gasteiger partial charge in [0.2, 0.25) is 0 Å². The molecule has 0 radical (unpaired) electrons. The van der Waals surface area contributed by atoms with E-state index in [1.807, 2.05) is 59.8 Å². The number of hydrogen-bond donors (Lipinski definition) is 1. The second-order valence-electron chi connectivity index (χ2n) is 9.96. The van der Waals surface area contributed by atoms with Crippen LogP contribution >= 0.6 is 0 Å². The molecule has 5 rings (SSSR count). The number of carbonyl (C=O) groups excluding carboxylic acids is 1. The van der Waals surface area contributed by atoms with E-state index >= 15 is 0 Å². The Bertz CT molecular complexity index is 1510. The summed E-state index contributed by atoms with van der Waals surface area (Å²) in [6.45, 7) is 0.839. The van der Waals surface area contributed by atoms with Gasteiger partial charge in [-0.15, -0.1) is 0 Å². The van der Waals surface area contributed by atoms with Gasteiger partial charge in [-0.1, -0.05) is 30.3 Å². The number of piperazine rings is 1. The lowest BCUT2D eigenvalue weighted by molar-refractivity contribution is -0.143. The Hall–Kier alpha value is -4.28. The van der Waals surface area contributed by atoms with Crippen molar-refractivity contribution < 1.29 is 31.1 Å². The molecule has 41 heavy (non-hydrogen) atoms. The number of nitrogens with one attached hydrogen (secondary N) is 1. The van der Waals surface area contributed by atoms with Crippen LogP contribution in [0.25, 0.3) is 10.9 Å².